The van der Waals surface area contributed by atoms with Crippen LogP contribution in [0.5, 0.6) is 5.75 Å². The monoisotopic (exact) mass is 726 g/mol. The number of nitrogens with two attached hydrogens (primary N) is 1. The highest BCUT2D eigenvalue weighted by Crippen LogP contribution is 2.52. The molecule has 4 unspecified atom stereocenters. The van der Waals surface area contributed by atoms with E-state index >= 15 is 0 Å². The molecule has 0 radical (unpaired) electrons. The molecule has 50 heavy (non-hydrogen) atoms. The van der Waals surface area contributed by atoms with Crippen molar-refractivity contribution < 1.29 is 51.3 Å². The van der Waals surface area contributed by atoms with Gasteiger partial charge in [-0.25, -0.2) is 0 Å². The van der Waals surface area contributed by atoms with Gasteiger partial charge in [-0.3, -0.25) is 14.5 Å². The Labute approximate surface area is 286 Å². The summed E-state index contributed by atoms with van der Waals surface area (Å²) in [7, 11) is 6.55. The number of nitrogens with one attached hydrogen (secondary N) is 3. The Morgan fingerprint density at radius 2 is 1.54 bits per heavy atom. The van der Waals surface area contributed by atoms with Gasteiger partial charge < -0.3 is 42.0 Å². The number of rotatable bonds is 5. The van der Waals surface area contributed by atoms with E-state index in [4.69, 9.17) is 23.4 Å². The van der Waals surface area contributed by atoms with Crippen molar-refractivity contribution in [1.82, 2.24) is 4.90 Å². The number of hydrogen-bond acceptors (Lipinski definition) is 9. The van der Waals surface area contributed by atoms with Gasteiger partial charge in [0.15, 0.2) is 16.6 Å². The van der Waals surface area contributed by atoms with Crippen LogP contribution in [-0.4, -0.2) is 77.0 Å². The van der Waals surface area contributed by atoms with E-state index in [2.05, 4.69) is 10.6 Å². The lowest BCUT2D eigenvalue weighted by atomic mass is 9.60. The molecule has 0 aliphatic heterocycles. The van der Waals surface area contributed by atoms with Crippen LogP contribution in [0.15, 0.2) is 46.9 Å². The predicted octanol–water partition coefficient (Wildman–Crippen LogP) is 5.37. The molecule has 0 spiro atoms. The molecule has 8 N–H and O–H groups in total. The highest BCUT2D eigenvalue weighted by Gasteiger charge is 2.53. The minimum absolute atomic E-state index is 0.0418. The normalized spacial score (nSPS) is 22.2. The fourth-order valence-electron chi connectivity index (χ4n) is 7.18. The van der Waals surface area contributed by atoms with Crippen LogP contribution in [0.2, 0.25) is 0 Å². The zero-order chi connectivity index (χ0) is 37.4. The number of phenols is 1. The Balaban J connectivity index is 1.56. The molecule has 3 aliphatic rings. The van der Waals surface area contributed by atoms with E-state index in [1.165, 1.54) is 6.07 Å². The first-order valence-electron chi connectivity index (χ1n) is 14.9. The zero-order valence-electron chi connectivity index (χ0n) is 26.8. The lowest BCUT2D eigenvalue weighted by Gasteiger charge is -2.47. The molecule has 0 saturated heterocycles. The summed E-state index contributed by atoms with van der Waals surface area (Å²) in [6.07, 6.45) is -9.92. The number of halogens is 6. The van der Waals surface area contributed by atoms with Gasteiger partial charge in [-0.05, 0) is 80.8 Å². The van der Waals surface area contributed by atoms with Crippen LogP contribution in [0.25, 0.3) is 0 Å². The molecule has 3 aliphatic carbocycles. The fourth-order valence-corrected chi connectivity index (χ4v) is 7.41. The molecular weight excluding hydrogens is 694 g/mol. The number of fused-ring (bicyclic) bond motifs is 3. The van der Waals surface area contributed by atoms with Gasteiger partial charge in [-0.2, -0.15) is 26.3 Å². The maximum Gasteiger partial charge on any atom is 0.416 e. The average molecular weight is 727 g/mol. The number of anilines is 3. The van der Waals surface area contributed by atoms with Crippen LogP contribution < -0.4 is 21.3 Å². The molecule has 2 aromatic carbocycles. The van der Waals surface area contributed by atoms with Gasteiger partial charge >= 0.3 is 12.4 Å². The first kappa shape index (κ1) is 36.4. The summed E-state index contributed by atoms with van der Waals surface area (Å²) in [5, 5.41) is 47.0. The highest BCUT2D eigenvalue weighted by atomic mass is 32.1. The molecule has 268 valence electrons. The van der Waals surface area contributed by atoms with E-state index in [0.29, 0.717) is 23.4 Å². The lowest BCUT2D eigenvalue weighted by Crippen LogP contribution is -2.53. The quantitative estimate of drug-likeness (QED) is 0.121. The number of thiocarbonyl (C=S) groups is 1. The Bertz CT molecular complexity index is 1870. The number of carbonyl (C=O) groups excluding carboxylic acids is 2. The van der Waals surface area contributed by atoms with Gasteiger partial charge in [0.1, 0.15) is 11.5 Å². The molecule has 1 amide bonds. The molecule has 0 aromatic heterocycles. The maximum absolute atomic E-state index is 14.2. The largest absolute Gasteiger partial charge is 0.511 e. The predicted molar refractivity (Wildman–Crippen MR) is 176 cm³/mol. The van der Waals surface area contributed by atoms with E-state index in [-0.39, 0.29) is 35.7 Å². The maximum atomic E-state index is 14.2. The van der Waals surface area contributed by atoms with Crippen molar-refractivity contribution >= 4 is 51.8 Å². The first-order chi connectivity index (χ1) is 23.0. The Morgan fingerprint density at radius 1 is 0.960 bits per heavy atom. The summed E-state index contributed by atoms with van der Waals surface area (Å²) in [6, 6.07) is 1.38. The number of likely N-dealkylation sites (N-methyl/N-ethyl adjacent to an activating group) is 1. The standard InChI is InChI=1S/C32H32F6N6O5S/c1-43(2)18-10-17(42-30(50)41-14-8-12(31(33,34)35)7-13(9-14)32(36,37)38)25(45)21-15(18)5-11-6-16-20(26(46)19(11)27(21)47)23(39)22(29(40)49)28(48)24(16)44(3)4/h7-11,16,20,24,39,45-46,48H,5-6H2,1-4H3,(H2,40,49)(H2,41,42,50). The molecule has 11 nitrogen and oxygen atoms in total. The van der Waals surface area contributed by atoms with Crippen LogP contribution in [0.4, 0.5) is 43.4 Å². The van der Waals surface area contributed by atoms with Gasteiger partial charge in [0.25, 0.3) is 5.91 Å². The third-order valence-corrected chi connectivity index (χ3v) is 9.37. The van der Waals surface area contributed by atoms with E-state index in [0.717, 1.165) is 0 Å². The Hall–Kier alpha value is -4.84. The number of alkyl halides is 6. The van der Waals surface area contributed by atoms with Crippen molar-refractivity contribution in [2.24, 2.45) is 23.5 Å². The number of nitrogens with zero attached hydrogens (tertiary/aromatic N) is 2. The van der Waals surface area contributed by atoms with Crippen molar-refractivity contribution in [3.8, 4) is 5.75 Å². The molecule has 0 bridgehead atoms. The first-order valence-corrected chi connectivity index (χ1v) is 15.3. The SMILES string of the molecule is CN(C)c1cc(NC(=S)Nc2cc(C(F)(F)F)cc(C(F)(F)F)c2)c(O)c2c1CC1CC3C(C(=N)C(C(N)=O)=C(O)C3N(C)C)C(O)=C1C2=O. The Morgan fingerprint density at radius 3 is 2.04 bits per heavy atom. The second-order valence-electron chi connectivity index (χ2n) is 12.8. The molecule has 0 saturated carbocycles. The number of phenolic OH excluding ortho intramolecular Hbond substituents is 1. The number of aromatic hydroxyl groups is 1. The number of carbonyl (C=O) groups is 2. The van der Waals surface area contributed by atoms with Gasteiger partial charge in [0.05, 0.1) is 45.6 Å². The zero-order valence-corrected chi connectivity index (χ0v) is 27.7. The van der Waals surface area contributed by atoms with Crippen molar-refractivity contribution in [3.05, 3.63) is 69.2 Å². The van der Waals surface area contributed by atoms with Crippen LogP contribution in [0.3, 0.4) is 0 Å². The second kappa shape index (κ2) is 12.5. The number of primary amides is 1. The molecule has 4 atom stereocenters. The van der Waals surface area contributed by atoms with Crippen molar-refractivity contribution in [2.75, 3.05) is 43.7 Å². The second-order valence-corrected chi connectivity index (χ2v) is 13.2. The molecular formula is C32H32F6N6O5S. The van der Waals surface area contributed by atoms with Crippen molar-refractivity contribution in [1.29, 1.82) is 5.41 Å². The molecule has 0 heterocycles. The summed E-state index contributed by atoms with van der Waals surface area (Å²) in [5.74, 6) is -5.98. The number of allylic oxidation sites excluding steroid dienone is 2. The summed E-state index contributed by atoms with van der Waals surface area (Å²) in [4.78, 5) is 29.7. The average Bonchev–Trinajstić information content (AvgIpc) is 2.96. The fraction of sp³-hybridized carbons (Fsp3) is 0.375. The number of benzene rings is 2. The van der Waals surface area contributed by atoms with Crippen LogP contribution in [0, 0.1) is 23.2 Å². The van der Waals surface area contributed by atoms with Crippen LogP contribution in [-0.2, 0) is 23.6 Å². The molecule has 0 fully saturated rings. The number of aliphatic hydroxyl groups is 2. The minimum atomic E-state index is -5.11. The molecule has 5 rings (SSSR count). The van der Waals surface area contributed by atoms with Crippen LogP contribution in [0.1, 0.15) is 33.5 Å². The van der Waals surface area contributed by atoms with Gasteiger partial charge in [-0.15, -0.1) is 0 Å². The Kier molecular flexibility index (Phi) is 9.10. The van der Waals surface area contributed by atoms with Crippen molar-refractivity contribution in [2.45, 2.75) is 31.2 Å². The third kappa shape index (κ3) is 6.21. The van der Waals surface area contributed by atoms with Gasteiger partial charge in [-0.1, -0.05) is 0 Å². The van der Waals surface area contributed by atoms with E-state index in [1.807, 2.05) is 0 Å². The third-order valence-electron chi connectivity index (χ3n) is 9.17. The number of aliphatic hydroxyl groups excluding tert-OH is 2. The number of hydrogen-bond donors (Lipinski definition) is 7. The molecule has 18 heteroatoms. The van der Waals surface area contributed by atoms with E-state index < -0.39 is 98.3 Å². The number of Topliss-reactive ketones (excluding diaryl/α,β-unsaturated/α-hetero) is 1. The number of ketones is 1. The van der Waals surface area contributed by atoms with Gasteiger partial charge in [0, 0.05) is 31.0 Å². The number of amides is 1. The summed E-state index contributed by atoms with van der Waals surface area (Å²) in [6.45, 7) is 0. The van der Waals surface area contributed by atoms with E-state index in [9.17, 15) is 51.3 Å². The summed E-state index contributed by atoms with van der Waals surface area (Å²) >= 11 is 5.17. The molecule has 2 aromatic rings. The summed E-state index contributed by atoms with van der Waals surface area (Å²) in [5.41, 5.74) is 0.902. The van der Waals surface area contributed by atoms with Gasteiger partial charge in [0.2, 0.25) is 0 Å². The minimum Gasteiger partial charge on any atom is -0.511 e. The lowest BCUT2D eigenvalue weighted by molar-refractivity contribution is -0.143. The topological polar surface area (TPSA) is 175 Å². The van der Waals surface area contributed by atoms with Crippen molar-refractivity contribution in [3.63, 3.8) is 0 Å². The summed E-state index contributed by atoms with van der Waals surface area (Å²) < 4.78 is 80.4. The highest BCUT2D eigenvalue weighted by molar-refractivity contribution is 7.80. The van der Waals surface area contributed by atoms with E-state index in [1.54, 1.807) is 38.0 Å². The smallest absolute Gasteiger partial charge is 0.416 e. The van der Waals surface area contributed by atoms with Crippen LogP contribution >= 0.6 is 12.2 Å².